The van der Waals surface area contributed by atoms with Gasteiger partial charge in [-0.2, -0.15) is 13.2 Å². The fourth-order valence-electron chi connectivity index (χ4n) is 2.61. The Bertz CT molecular complexity index is 751. The Morgan fingerprint density at radius 1 is 1.24 bits per heavy atom. The lowest BCUT2D eigenvalue weighted by Gasteiger charge is -2.12. The maximum atomic E-state index is 12.7. The molecule has 1 aliphatic rings. The number of alkyl halides is 3. The van der Waals surface area contributed by atoms with Crippen LogP contribution in [0.4, 0.5) is 13.2 Å². The minimum Gasteiger partial charge on any atom is -0.507 e. The van der Waals surface area contributed by atoms with E-state index in [2.05, 4.69) is 0 Å². The summed E-state index contributed by atoms with van der Waals surface area (Å²) in [4.78, 5) is 11.6. The Morgan fingerprint density at radius 2 is 1.88 bits per heavy atom. The molecule has 0 saturated carbocycles. The van der Waals surface area contributed by atoms with Crippen LogP contribution in [-0.2, 0) is 4.79 Å². The number of ketones is 1. The number of halogens is 4. The van der Waals surface area contributed by atoms with Gasteiger partial charge in [0.15, 0.2) is 11.5 Å². The fourth-order valence-corrected chi connectivity index (χ4v) is 3.24. The lowest BCUT2D eigenvalue weighted by molar-refractivity contribution is -0.166. The first-order valence-electron chi connectivity index (χ1n) is 7.46. The van der Waals surface area contributed by atoms with Crippen LogP contribution in [0, 0.1) is 3.57 Å². The molecule has 0 radical (unpaired) electrons. The van der Waals surface area contributed by atoms with Crippen molar-refractivity contribution in [2.75, 3.05) is 7.11 Å². The number of ether oxygens (including phenoxy) is 1. The Balaban J connectivity index is 2.51. The van der Waals surface area contributed by atoms with Crippen molar-refractivity contribution >= 4 is 34.5 Å². The second-order valence-electron chi connectivity index (χ2n) is 5.58. The molecule has 0 unspecified atom stereocenters. The molecule has 1 aromatic carbocycles. The number of aliphatic hydroxyl groups excluding tert-OH is 1. The summed E-state index contributed by atoms with van der Waals surface area (Å²) in [6, 6.07) is 3.11. The number of carbonyl (C=O) groups excluding carboxylic acids is 1. The van der Waals surface area contributed by atoms with Gasteiger partial charge in [0.1, 0.15) is 5.76 Å². The molecule has 0 saturated heterocycles. The van der Waals surface area contributed by atoms with E-state index in [0.717, 1.165) is 0 Å². The van der Waals surface area contributed by atoms with Crippen LogP contribution in [0.1, 0.15) is 31.2 Å². The number of Topliss-reactive ketones (excluding diaryl/α,β-unsaturated/α-hetero) is 1. The van der Waals surface area contributed by atoms with Gasteiger partial charge in [-0.25, -0.2) is 0 Å². The van der Waals surface area contributed by atoms with Crippen molar-refractivity contribution in [1.29, 1.82) is 0 Å². The highest BCUT2D eigenvalue weighted by Gasteiger charge is 2.42. The van der Waals surface area contributed by atoms with Crippen molar-refractivity contribution in [3.63, 3.8) is 0 Å². The third-order valence-electron chi connectivity index (χ3n) is 3.86. The Hall–Kier alpha value is -1.71. The number of aliphatic hydroxyl groups is 1. The van der Waals surface area contributed by atoms with Crippen molar-refractivity contribution < 1.29 is 32.9 Å². The highest BCUT2D eigenvalue weighted by molar-refractivity contribution is 14.1. The van der Waals surface area contributed by atoms with Gasteiger partial charge in [-0.1, -0.05) is 0 Å². The van der Waals surface area contributed by atoms with Crippen LogP contribution < -0.4 is 4.74 Å². The number of benzene rings is 1. The predicted octanol–water partition coefficient (Wildman–Crippen LogP) is 4.91. The molecule has 2 rings (SSSR count). The molecule has 4 nitrogen and oxygen atoms in total. The summed E-state index contributed by atoms with van der Waals surface area (Å²) in [5.41, 5.74) is 0.201. The van der Waals surface area contributed by atoms with Crippen LogP contribution in [-0.4, -0.2) is 29.3 Å². The first-order valence-corrected chi connectivity index (χ1v) is 8.54. The van der Waals surface area contributed by atoms with Crippen molar-refractivity contribution in [3.8, 4) is 11.5 Å². The van der Waals surface area contributed by atoms with Gasteiger partial charge in [0, 0.05) is 5.57 Å². The standard InChI is InChI=1S/C17H16F3IO4/c1-25-13-8-9(7-12(21)15(13)23)6-10-4-2-3-5-11(14(10)22)16(24)17(18,19)20/h6-8,22-23H,2-5H2,1H3/b10-6+. The first kappa shape index (κ1) is 19.6. The van der Waals surface area contributed by atoms with Crippen molar-refractivity contribution in [3.05, 3.63) is 38.2 Å². The summed E-state index contributed by atoms with van der Waals surface area (Å²) in [5.74, 6) is -2.45. The SMILES string of the molecule is COc1cc(/C=C2\CCCCC(C(=O)C(F)(F)F)=C2O)cc(I)c1O. The van der Waals surface area contributed by atoms with E-state index in [9.17, 15) is 28.2 Å². The van der Waals surface area contributed by atoms with Gasteiger partial charge in [-0.3, -0.25) is 4.79 Å². The topological polar surface area (TPSA) is 66.8 Å². The molecule has 136 valence electrons. The molecular formula is C17H16F3IO4. The van der Waals surface area contributed by atoms with Gasteiger partial charge in [0.2, 0.25) is 0 Å². The molecule has 1 aliphatic carbocycles. The number of allylic oxidation sites excluding steroid dienone is 2. The van der Waals surface area contributed by atoms with Crippen LogP contribution in [0.15, 0.2) is 29.0 Å². The summed E-state index contributed by atoms with van der Waals surface area (Å²) >= 11 is 1.89. The van der Waals surface area contributed by atoms with E-state index in [1.54, 1.807) is 6.07 Å². The molecule has 0 heterocycles. The largest absolute Gasteiger partial charge is 0.507 e. The monoisotopic (exact) mass is 468 g/mol. The van der Waals surface area contributed by atoms with Crippen molar-refractivity contribution in [1.82, 2.24) is 0 Å². The molecule has 1 aromatic rings. The zero-order valence-corrected chi connectivity index (χ0v) is 15.4. The molecule has 0 atom stereocenters. The van der Waals surface area contributed by atoms with Gasteiger partial charge >= 0.3 is 6.18 Å². The molecule has 0 amide bonds. The summed E-state index contributed by atoms with van der Waals surface area (Å²) < 4.78 is 43.7. The number of phenols is 1. The average molecular weight is 468 g/mol. The molecule has 0 bridgehead atoms. The van der Waals surface area contributed by atoms with Crippen LogP contribution in [0.3, 0.4) is 0 Å². The summed E-state index contributed by atoms with van der Waals surface area (Å²) in [6.07, 6.45) is -2.34. The number of hydrogen-bond donors (Lipinski definition) is 2. The third kappa shape index (κ3) is 4.47. The average Bonchev–Trinajstić information content (AvgIpc) is 2.71. The van der Waals surface area contributed by atoms with Crippen molar-refractivity contribution in [2.24, 2.45) is 0 Å². The zero-order valence-electron chi connectivity index (χ0n) is 13.3. The maximum absolute atomic E-state index is 12.7. The van der Waals surface area contributed by atoms with E-state index < -0.39 is 23.3 Å². The number of rotatable bonds is 3. The Labute approximate surface area is 156 Å². The first-order chi connectivity index (χ1) is 11.6. The molecular weight excluding hydrogens is 452 g/mol. The van der Waals surface area contributed by atoms with E-state index in [1.165, 1.54) is 19.3 Å². The lowest BCUT2D eigenvalue weighted by atomic mass is 10.0. The number of phenolic OH excluding ortho intramolecular Hbond substituents is 1. The summed E-state index contributed by atoms with van der Waals surface area (Å²) in [6.45, 7) is 0. The van der Waals surface area contributed by atoms with Gasteiger partial charge in [-0.15, -0.1) is 0 Å². The van der Waals surface area contributed by atoms with Gasteiger partial charge in [0.25, 0.3) is 5.78 Å². The maximum Gasteiger partial charge on any atom is 0.454 e. The fraction of sp³-hybridized carbons (Fsp3) is 0.353. The smallest absolute Gasteiger partial charge is 0.454 e. The number of carbonyl (C=O) groups is 1. The highest BCUT2D eigenvalue weighted by atomic mass is 127. The summed E-state index contributed by atoms with van der Waals surface area (Å²) in [7, 11) is 1.38. The van der Waals surface area contributed by atoms with Crippen LogP contribution in [0.25, 0.3) is 6.08 Å². The van der Waals surface area contributed by atoms with Crippen LogP contribution >= 0.6 is 22.6 Å². The molecule has 0 fully saturated rings. The Morgan fingerprint density at radius 3 is 2.48 bits per heavy atom. The van der Waals surface area contributed by atoms with E-state index >= 15 is 0 Å². The second kappa shape index (κ2) is 7.67. The van der Waals surface area contributed by atoms with E-state index in [4.69, 9.17) is 4.74 Å². The molecule has 2 N–H and O–H groups in total. The lowest BCUT2D eigenvalue weighted by Crippen LogP contribution is -2.25. The van der Waals surface area contributed by atoms with E-state index in [-0.39, 0.29) is 23.5 Å². The van der Waals surface area contributed by atoms with Crippen molar-refractivity contribution in [2.45, 2.75) is 31.9 Å². The number of aromatic hydroxyl groups is 1. The molecule has 0 aliphatic heterocycles. The number of methoxy groups -OCH3 is 1. The quantitative estimate of drug-likeness (QED) is 0.620. The number of hydrogen-bond acceptors (Lipinski definition) is 4. The zero-order chi connectivity index (χ0) is 18.8. The summed E-state index contributed by atoms with van der Waals surface area (Å²) in [5, 5.41) is 20.1. The van der Waals surface area contributed by atoms with E-state index in [0.29, 0.717) is 28.4 Å². The van der Waals surface area contributed by atoms with E-state index in [1.807, 2.05) is 22.6 Å². The molecule has 0 spiro atoms. The molecule has 0 aromatic heterocycles. The van der Waals surface area contributed by atoms with Gasteiger partial charge in [0.05, 0.1) is 10.7 Å². The minimum atomic E-state index is -5.02. The molecule has 8 heteroatoms. The Kier molecular flexibility index (Phi) is 6.02. The second-order valence-corrected chi connectivity index (χ2v) is 6.75. The van der Waals surface area contributed by atoms with Gasteiger partial charge in [-0.05, 0) is 77.6 Å². The minimum absolute atomic E-state index is 0.0428. The highest BCUT2D eigenvalue weighted by Crippen LogP contribution is 2.36. The molecule has 25 heavy (non-hydrogen) atoms. The van der Waals surface area contributed by atoms with Crippen LogP contribution in [0.5, 0.6) is 11.5 Å². The van der Waals surface area contributed by atoms with Gasteiger partial charge < -0.3 is 14.9 Å². The third-order valence-corrected chi connectivity index (χ3v) is 4.68. The normalized spacial score (nSPS) is 17.6. The van der Waals surface area contributed by atoms with Crippen LogP contribution in [0.2, 0.25) is 0 Å². The predicted molar refractivity (Wildman–Crippen MR) is 94.5 cm³/mol.